The molecule has 0 spiro atoms. The van der Waals surface area contributed by atoms with E-state index < -0.39 is 6.17 Å². The Bertz CT molecular complexity index is 919. The van der Waals surface area contributed by atoms with Gasteiger partial charge >= 0.3 is 0 Å². The van der Waals surface area contributed by atoms with Crippen LogP contribution in [0, 0.1) is 5.82 Å². The van der Waals surface area contributed by atoms with Gasteiger partial charge in [-0.3, -0.25) is 4.79 Å². The number of hydrogen-bond acceptors (Lipinski definition) is 3. The third kappa shape index (κ3) is 2.25. The maximum atomic E-state index is 13.9. The minimum Gasteiger partial charge on any atom is -0.457 e. The highest BCUT2D eigenvalue weighted by Gasteiger charge is 2.31. The van der Waals surface area contributed by atoms with Crippen LogP contribution in [0.25, 0.3) is 11.3 Å². The zero-order chi connectivity index (χ0) is 16.7. The fourth-order valence-corrected chi connectivity index (χ4v) is 2.98. The molecule has 0 fully saturated rings. The zero-order valence-corrected chi connectivity index (χ0v) is 13.0. The van der Waals surface area contributed by atoms with Crippen LogP contribution in [-0.2, 0) is 0 Å². The van der Waals surface area contributed by atoms with Gasteiger partial charge in [0, 0.05) is 7.05 Å². The van der Waals surface area contributed by atoms with Crippen LogP contribution < -0.4 is 10.2 Å². The number of halogens is 1. The van der Waals surface area contributed by atoms with Crippen LogP contribution in [0.3, 0.4) is 0 Å². The van der Waals surface area contributed by atoms with Crippen LogP contribution in [0.1, 0.15) is 22.3 Å². The zero-order valence-electron chi connectivity index (χ0n) is 13.0. The Kier molecular flexibility index (Phi) is 3.34. The second-order valence-electron chi connectivity index (χ2n) is 5.69. The van der Waals surface area contributed by atoms with E-state index in [2.05, 4.69) is 5.32 Å². The Morgan fingerprint density at radius 3 is 2.50 bits per heavy atom. The molecule has 0 radical (unpaired) electrons. The van der Waals surface area contributed by atoms with Crippen molar-refractivity contribution in [1.29, 1.82) is 0 Å². The van der Waals surface area contributed by atoms with Gasteiger partial charge in [0.2, 0.25) is 0 Å². The van der Waals surface area contributed by atoms with Crippen molar-refractivity contribution < 1.29 is 13.6 Å². The van der Waals surface area contributed by atoms with Crippen LogP contribution in [0.4, 0.5) is 10.1 Å². The van der Waals surface area contributed by atoms with E-state index in [9.17, 15) is 9.18 Å². The van der Waals surface area contributed by atoms with E-state index >= 15 is 0 Å². The van der Waals surface area contributed by atoms with Gasteiger partial charge in [0.05, 0.1) is 16.8 Å². The lowest BCUT2D eigenvalue weighted by atomic mass is 10.1. The molecule has 0 saturated carbocycles. The number of benzene rings is 2. The lowest BCUT2D eigenvalue weighted by molar-refractivity contribution is 0.0922. The molecule has 120 valence electrons. The van der Waals surface area contributed by atoms with Gasteiger partial charge < -0.3 is 14.6 Å². The van der Waals surface area contributed by atoms with Crippen molar-refractivity contribution in [2.75, 3.05) is 11.9 Å². The first kappa shape index (κ1) is 14.5. The molecule has 1 aromatic heterocycles. The number of nitrogens with zero attached hydrogens (tertiary/aromatic N) is 1. The van der Waals surface area contributed by atoms with Crippen molar-refractivity contribution >= 4 is 11.6 Å². The molecule has 4 nitrogen and oxygen atoms in total. The number of nitrogens with one attached hydrogen (secondary N) is 1. The molecular formula is C19H15FN2O2. The summed E-state index contributed by atoms with van der Waals surface area (Å²) in [5.74, 6) is 0.491. The quantitative estimate of drug-likeness (QED) is 0.776. The van der Waals surface area contributed by atoms with Gasteiger partial charge in [-0.25, -0.2) is 4.39 Å². The molecule has 24 heavy (non-hydrogen) atoms. The van der Waals surface area contributed by atoms with Crippen molar-refractivity contribution in [2.45, 2.75) is 6.17 Å². The fraction of sp³-hybridized carbons (Fsp3) is 0.105. The molecule has 5 heteroatoms. The number of para-hydroxylation sites is 1. The van der Waals surface area contributed by atoms with Crippen LogP contribution in [0.5, 0.6) is 0 Å². The number of fused-ring (bicyclic) bond motifs is 1. The second-order valence-corrected chi connectivity index (χ2v) is 5.69. The summed E-state index contributed by atoms with van der Waals surface area (Å²) in [5.41, 5.74) is 1.85. The normalized spacial score (nSPS) is 16.7. The molecule has 0 aliphatic carbocycles. The molecule has 2 aromatic carbocycles. The lowest BCUT2D eigenvalue weighted by Crippen LogP contribution is -2.44. The van der Waals surface area contributed by atoms with E-state index in [-0.39, 0.29) is 11.7 Å². The summed E-state index contributed by atoms with van der Waals surface area (Å²) in [7, 11) is 1.88. The highest BCUT2D eigenvalue weighted by atomic mass is 19.1. The molecule has 1 amide bonds. The molecule has 4 rings (SSSR count). The molecule has 2 heterocycles. The monoisotopic (exact) mass is 322 g/mol. The van der Waals surface area contributed by atoms with Gasteiger partial charge in [-0.15, -0.1) is 0 Å². The van der Waals surface area contributed by atoms with Gasteiger partial charge in [0.1, 0.15) is 17.3 Å². The summed E-state index contributed by atoms with van der Waals surface area (Å²) in [5, 5.41) is 2.92. The highest BCUT2D eigenvalue weighted by Crippen LogP contribution is 2.34. The number of hydrogen-bond donors (Lipinski definition) is 1. The summed E-state index contributed by atoms with van der Waals surface area (Å²) in [6.07, 6.45) is -0.437. The third-order valence-corrected chi connectivity index (χ3v) is 4.22. The van der Waals surface area contributed by atoms with Crippen molar-refractivity contribution in [3.63, 3.8) is 0 Å². The summed E-state index contributed by atoms with van der Waals surface area (Å²) >= 11 is 0. The predicted molar refractivity (Wildman–Crippen MR) is 89.2 cm³/mol. The van der Waals surface area contributed by atoms with Crippen molar-refractivity contribution in [2.24, 2.45) is 0 Å². The Morgan fingerprint density at radius 1 is 1.00 bits per heavy atom. The van der Waals surface area contributed by atoms with Crippen LogP contribution in [-0.4, -0.2) is 13.0 Å². The highest BCUT2D eigenvalue weighted by molar-refractivity contribution is 6.01. The topological polar surface area (TPSA) is 45.5 Å². The smallest absolute Gasteiger partial charge is 0.255 e. The fourth-order valence-electron chi connectivity index (χ4n) is 2.98. The number of furan rings is 1. The lowest BCUT2D eigenvalue weighted by Gasteiger charge is -2.34. The van der Waals surface area contributed by atoms with Crippen LogP contribution in [0.2, 0.25) is 0 Å². The summed E-state index contributed by atoms with van der Waals surface area (Å²) < 4.78 is 19.7. The summed E-state index contributed by atoms with van der Waals surface area (Å²) in [4.78, 5) is 14.2. The maximum absolute atomic E-state index is 13.9. The van der Waals surface area contributed by atoms with E-state index in [0.717, 1.165) is 5.69 Å². The van der Waals surface area contributed by atoms with Gasteiger partial charge in [0.25, 0.3) is 5.91 Å². The average Bonchev–Trinajstić information content (AvgIpc) is 3.08. The van der Waals surface area contributed by atoms with Gasteiger partial charge in [-0.2, -0.15) is 0 Å². The van der Waals surface area contributed by atoms with E-state index in [1.54, 1.807) is 36.4 Å². The van der Waals surface area contributed by atoms with Crippen molar-refractivity contribution in [1.82, 2.24) is 5.32 Å². The minimum atomic E-state index is -0.437. The molecular weight excluding hydrogens is 307 g/mol. The molecule has 1 aliphatic heterocycles. The molecule has 1 aliphatic rings. The number of anilines is 1. The van der Waals surface area contributed by atoms with E-state index in [1.807, 2.05) is 30.1 Å². The number of amides is 1. The van der Waals surface area contributed by atoms with E-state index in [4.69, 9.17) is 4.42 Å². The number of carbonyl (C=O) groups excluding carboxylic acids is 1. The standard InChI is InChI=1S/C19H15FN2O2/c1-22-15-9-5-3-7-13(15)19(23)21-18(22)17-11-10-16(24-17)12-6-2-4-8-14(12)20/h2-11,18H,1H3,(H,21,23). The van der Waals surface area contributed by atoms with Crippen molar-refractivity contribution in [3.8, 4) is 11.3 Å². The summed E-state index contributed by atoms with van der Waals surface area (Å²) in [6, 6.07) is 17.3. The Balaban J connectivity index is 1.71. The molecule has 1 atom stereocenters. The first-order valence-corrected chi connectivity index (χ1v) is 7.62. The van der Waals surface area contributed by atoms with Gasteiger partial charge in [-0.05, 0) is 36.4 Å². The largest absolute Gasteiger partial charge is 0.457 e. The molecule has 1 unspecified atom stereocenters. The SMILES string of the molecule is CN1c2ccccc2C(=O)NC1c1ccc(-c2ccccc2F)o1. The molecule has 3 aromatic rings. The molecule has 0 saturated heterocycles. The Hall–Kier alpha value is -3.08. The Labute approximate surface area is 138 Å². The molecule has 0 bridgehead atoms. The first-order valence-electron chi connectivity index (χ1n) is 7.62. The maximum Gasteiger partial charge on any atom is 0.255 e. The number of carbonyl (C=O) groups is 1. The average molecular weight is 322 g/mol. The summed E-state index contributed by atoms with van der Waals surface area (Å²) in [6.45, 7) is 0. The van der Waals surface area contributed by atoms with Crippen LogP contribution in [0.15, 0.2) is 65.1 Å². The van der Waals surface area contributed by atoms with Crippen LogP contribution >= 0.6 is 0 Å². The van der Waals surface area contributed by atoms with Gasteiger partial charge in [-0.1, -0.05) is 24.3 Å². The molecule has 1 N–H and O–H groups in total. The first-order chi connectivity index (χ1) is 11.6. The van der Waals surface area contributed by atoms with E-state index in [1.165, 1.54) is 6.07 Å². The predicted octanol–water partition coefficient (Wildman–Crippen LogP) is 3.96. The second kappa shape index (κ2) is 5.53. The number of rotatable bonds is 2. The van der Waals surface area contributed by atoms with Gasteiger partial charge in [0.15, 0.2) is 6.17 Å². The Morgan fingerprint density at radius 2 is 1.71 bits per heavy atom. The van der Waals surface area contributed by atoms with E-state index in [0.29, 0.717) is 22.6 Å². The minimum absolute atomic E-state index is 0.155. The van der Waals surface area contributed by atoms with Crippen molar-refractivity contribution in [3.05, 3.63) is 77.8 Å². The third-order valence-electron chi connectivity index (χ3n) is 4.22.